The van der Waals surface area contributed by atoms with Gasteiger partial charge in [0.15, 0.2) is 17.4 Å². The number of hydrogen-bond acceptors (Lipinski definition) is 7. The van der Waals surface area contributed by atoms with Crippen molar-refractivity contribution in [1.29, 1.82) is 0 Å². The molecule has 0 aliphatic carbocycles. The predicted molar refractivity (Wildman–Crippen MR) is 114 cm³/mol. The molecule has 2 fully saturated rings. The van der Waals surface area contributed by atoms with Gasteiger partial charge in [-0.05, 0) is 32.9 Å². The number of anilines is 1. The Hall–Kier alpha value is -2.61. The van der Waals surface area contributed by atoms with Gasteiger partial charge in [0, 0.05) is 30.4 Å². The van der Waals surface area contributed by atoms with E-state index in [0.29, 0.717) is 25.6 Å². The summed E-state index contributed by atoms with van der Waals surface area (Å²) in [6.07, 6.45) is 1.71. The van der Waals surface area contributed by atoms with Crippen LogP contribution in [0.5, 0.6) is 0 Å². The van der Waals surface area contributed by atoms with Crippen LogP contribution in [0.15, 0.2) is 36.5 Å². The van der Waals surface area contributed by atoms with Gasteiger partial charge in [-0.15, -0.1) is 0 Å². The zero-order valence-electron chi connectivity index (χ0n) is 17.6. The molecule has 0 bridgehead atoms. The van der Waals surface area contributed by atoms with Gasteiger partial charge in [0.05, 0.1) is 25.3 Å². The molecule has 4 heterocycles. The lowest BCUT2D eigenvalue weighted by Gasteiger charge is -2.28. The summed E-state index contributed by atoms with van der Waals surface area (Å²) in [5, 5.41) is 0. The highest BCUT2D eigenvalue weighted by atomic mass is 16.7. The van der Waals surface area contributed by atoms with Crippen molar-refractivity contribution in [2.45, 2.75) is 32.7 Å². The Bertz CT molecular complexity index is 1080. The van der Waals surface area contributed by atoms with Crippen molar-refractivity contribution in [3.63, 3.8) is 0 Å². The van der Waals surface area contributed by atoms with Gasteiger partial charge < -0.3 is 19.1 Å². The van der Waals surface area contributed by atoms with Crippen molar-refractivity contribution in [3.05, 3.63) is 47.7 Å². The van der Waals surface area contributed by atoms with Crippen molar-refractivity contribution in [2.24, 2.45) is 0 Å². The first-order valence-corrected chi connectivity index (χ1v) is 10.4. The number of ether oxygens (including phenoxy) is 3. The van der Waals surface area contributed by atoms with Gasteiger partial charge in [0.25, 0.3) is 0 Å². The fraction of sp³-hybridized carbons (Fsp3) is 0.435. The quantitative estimate of drug-likeness (QED) is 0.657. The molecule has 1 atom stereocenters. The predicted octanol–water partition coefficient (Wildman–Crippen LogP) is 3.66. The van der Waals surface area contributed by atoms with Crippen LogP contribution in [-0.2, 0) is 14.2 Å². The third-order valence-corrected chi connectivity index (χ3v) is 5.51. The molecular weight excluding hydrogens is 380 g/mol. The van der Waals surface area contributed by atoms with E-state index in [0.717, 1.165) is 41.1 Å². The number of aromatic nitrogens is 3. The lowest BCUT2D eigenvalue weighted by atomic mass is 10.1. The molecule has 2 aromatic heterocycles. The first kappa shape index (κ1) is 19.4. The van der Waals surface area contributed by atoms with Crippen LogP contribution in [-0.4, -0.2) is 53.6 Å². The van der Waals surface area contributed by atoms with E-state index in [-0.39, 0.29) is 6.10 Å². The lowest BCUT2D eigenvalue weighted by molar-refractivity contribution is -0.139. The topological polar surface area (TPSA) is 69.6 Å². The van der Waals surface area contributed by atoms with Crippen LogP contribution < -0.4 is 4.90 Å². The summed E-state index contributed by atoms with van der Waals surface area (Å²) in [5.74, 6) is 0.975. The Labute approximate surface area is 176 Å². The molecule has 2 saturated heterocycles. The molecule has 2 aliphatic rings. The van der Waals surface area contributed by atoms with Gasteiger partial charge >= 0.3 is 0 Å². The van der Waals surface area contributed by atoms with Crippen molar-refractivity contribution in [2.75, 3.05) is 37.8 Å². The van der Waals surface area contributed by atoms with Crippen LogP contribution in [0.1, 0.15) is 31.1 Å². The fourth-order valence-corrected chi connectivity index (χ4v) is 3.95. The maximum absolute atomic E-state index is 6.03. The molecule has 0 spiro atoms. The van der Waals surface area contributed by atoms with E-state index in [9.17, 15) is 0 Å². The smallest absolute Gasteiger partial charge is 0.163 e. The maximum atomic E-state index is 6.03. The molecule has 7 heteroatoms. The van der Waals surface area contributed by atoms with E-state index in [1.165, 1.54) is 5.56 Å². The van der Waals surface area contributed by atoms with Gasteiger partial charge in [-0.2, -0.15) is 0 Å². The SMILES string of the molecule is Cc1cccc(-c2nc(N3CCOCC3)c3ncc(C4COC(C)(C)O4)cc3n2)c1. The molecule has 0 N–H and O–H groups in total. The molecule has 3 aromatic rings. The third kappa shape index (κ3) is 3.76. The summed E-state index contributed by atoms with van der Waals surface area (Å²) in [4.78, 5) is 16.8. The van der Waals surface area contributed by atoms with E-state index in [1.807, 2.05) is 32.2 Å². The maximum Gasteiger partial charge on any atom is 0.163 e. The minimum Gasteiger partial charge on any atom is -0.378 e. The summed E-state index contributed by atoms with van der Waals surface area (Å²) in [6.45, 7) is 9.38. The van der Waals surface area contributed by atoms with Gasteiger partial charge in [0.2, 0.25) is 0 Å². The summed E-state index contributed by atoms with van der Waals surface area (Å²) >= 11 is 0. The minimum absolute atomic E-state index is 0.152. The molecule has 0 amide bonds. The van der Waals surface area contributed by atoms with Crippen LogP contribution in [0, 0.1) is 6.92 Å². The van der Waals surface area contributed by atoms with Crippen molar-refractivity contribution >= 4 is 16.9 Å². The second-order valence-electron chi connectivity index (χ2n) is 8.29. The van der Waals surface area contributed by atoms with Gasteiger partial charge in [-0.25, -0.2) is 9.97 Å². The number of fused-ring (bicyclic) bond motifs is 1. The molecule has 5 rings (SSSR count). The minimum atomic E-state index is -0.586. The van der Waals surface area contributed by atoms with Crippen LogP contribution >= 0.6 is 0 Å². The van der Waals surface area contributed by atoms with Crippen LogP contribution in [0.3, 0.4) is 0 Å². The standard InChI is InChI=1S/C23H26N4O3/c1-15-5-4-6-16(11-15)21-25-18-12-17(19-14-29-23(2,3)30-19)13-24-20(18)22(26-21)27-7-9-28-10-8-27/h4-6,11-13,19H,7-10,14H2,1-3H3. The molecule has 1 aromatic carbocycles. The highest BCUT2D eigenvalue weighted by molar-refractivity contribution is 5.88. The number of hydrogen-bond donors (Lipinski definition) is 0. The average Bonchev–Trinajstić information content (AvgIpc) is 3.13. The normalized spacial score (nSPS) is 21.3. The van der Waals surface area contributed by atoms with E-state index < -0.39 is 5.79 Å². The first-order chi connectivity index (χ1) is 14.5. The molecule has 30 heavy (non-hydrogen) atoms. The van der Waals surface area contributed by atoms with E-state index in [1.54, 1.807) is 0 Å². The Balaban J connectivity index is 1.63. The zero-order chi connectivity index (χ0) is 20.7. The molecule has 2 aliphatic heterocycles. The molecule has 1 unspecified atom stereocenters. The Kier molecular flexibility index (Phi) is 4.89. The largest absolute Gasteiger partial charge is 0.378 e. The van der Waals surface area contributed by atoms with Gasteiger partial charge in [-0.3, -0.25) is 4.98 Å². The highest BCUT2D eigenvalue weighted by Crippen LogP contribution is 2.35. The third-order valence-electron chi connectivity index (χ3n) is 5.51. The van der Waals surface area contributed by atoms with Crippen molar-refractivity contribution in [3.8, 4) is 11.4 Å². The van der Waals surface area contributed by atoms with Crippen LogP contribution in [0.25, 0.3) is 22.4 Å². The number of morpholine rings is 1. The van der Waals surface area contributed by atoms with Crippen LogP contribution in [0.4, 0.5) is 5.82 Å². The van der Waals surface area contributed by atoms with Crippen LogP contribution in [0.2, 0.25) is 0 Å². The second-order valence-corrected chi connectivity index (χ2v) is 8.29. The Morgan fingerprint density at radius 3 is 2.67 bits per heavy atom. The summed E-state index contributed by atoms with van der Waals surface area (Å²) < 4.78 is 17.3. The zero-order valence-corrected chi connectivity index (χ0v) is 17.6. The number of aryl methyl sites for hydroxylation is 1. The molecular formula is C23H26N4O3. The number of nitrogens with zero attached hydrogens (tertiary/aromatic N) is 4. The monoisotopic (exact) mass is 406 g/mol. The molecule has 0 saturated carbocycles. The van der Waals surface area contributed by atoms with Gasteiger partial charge in [0.1, 0.15) is 11.6 Å². The molecule has 7 nitrogen and oxygen atoms in total. The lowest BCUT2D eigenvalue weighted by Crippen LogP contribution is -2.37. The first-order valence-electron chi connectivity index (χ1n) is 10.4. The van der Waals surface area contributed by atoms with E-state index >= 15 is 0 Å². The fourth-order valence-electron chi connectivity index (χ4n) is 3.95. The molecule has 156 valence electrons. The average molecular weight is 406 g/mol. The summed E-state index contributed by atoms with van der Waals surface area (Å²) in [5.41, 5.74) is 4.76. The molecule has 0 radical (unpaired) electrons. The number of benzene rings is 1. The summed E-state index contributed by atoms with van der Waals surface area (Å²) in [6, 6.07) is 10.3. The van der Waals surface area contributed by atoms with Crippen molar-refractivity contribution < 1.29 is 14.2 Å². The van der Waals surface area contributed by atoms with Gasteiger partial charge in [-0.1, -0.05) is 23.8 Å². The number of rotatable bonds is 3. The summed E-state index contributed by atoms with van der Waals surface area (Å²) in [7, 11) is 0. The van der Waals surface area contributed by atoms with Crippen molar-refractivity contribution in [1.82, 2.24) is 15.0 Å². The Morgan fingerprint density at radius 2 is 1.93 bits per heavy atom. The number of pyridine rings is 1. The van der Waals surface area contributed by atoms with E-state index in [2.05, 4.69) is 30.0 Å². The Morgan fingerprint density at radius 1 is 1.10 bits per heavy atom. The second kappa shape index (κ2) is 7.58. The van der Waals surface area contributed by atoms with E-state index in [4.69, 9.17) is 29.2 Å². The highest BCUT2D eigenvalue weighted by Gasteiger charge is 2.34.